The third-order valence-corrected chi connectivity index (χ3v) is 3.86. The number of rotatable bonds is 7. The van der Waals surface area contributed by atoms with Crippen molar-refractivity contribution in [2.24, 2.45) is 10.8 Å². The minimum atomic E-state index is -0.573. The zero-order valence-electron chi connectivity index (χ0n) is 12.1. The van der Waals surface area contributed by atoms with E-state index in [1.54, 1.807) is 23.7 Å². The Hall–Kier alpha value is -2.33. The molecule has 8 nitrogen and oxygen atoms in total. The van der Waals surface area contributed by atoms with Crippen molar-refractivity contribution in [3.8, 4) is 11.5 Å². The van der Waals surface area contributed by atoms with E-state index in [9.17, 15) is 4.79 Å². The molecule has 23 heavy (non-hydrogen) atoms. The number of hydrazone groups is 1. The molecule has 0 saturated carbocycles. The quantitative estimate of drug-likeness (QED) is 0.481. The zero-order chi connectivity index (χ0) is 16.8. The highest BCUT2D eigenvalue weighted by atomic mass is 79.9. The monoisotopic (exact) mass is 399 g/mol. The number of methoxy groups -OCH3 is 1. The number of amides is 1. The minimum Gasteiger partial charge on any atom is -0.493 e. The van der Waals surface area contributed by atoms with Gasteiger partial charge in [0, 0.05) is 5.38 Å². The molecule has 0 saturated heterocycles. The van der Waals surface area contributed by atoms with E-state index in [-0.39, 0.29) is 6.61 Å². The number of ether oxygens (including phenoxy) is 2. The molecular weight excluding hydrogens is 386 g/mol. The second kappa shape index (κ2) is 7.79. The maximum Gasteiger partial charge on any atom is 0.255 e. The molecule has 2 rings (SSSR count). The van der Waals surface area contributed by atoms with Crippen molar-refractivity contribution in [1.82, 2.24) is 4.98 Å². The normalized spacial score (nSPS) is 10.7. The lowest BCUT2D eigenvalue weighted by Gasteiger charge is -2.12. The van der Waals surface area contributed by atoms with Crippen molar-refractivity contribution < 1.29 is 14.3 Å². The number of hydrogen-bond acceptors (Lipinski definition) is 8. The average Bonchev–Trinajstić information content (AvgIpc) is 2.91. The molecule has 2 aromatic rings. The number of nitrogen functional groups attached to an aromatic ring is 1. The molecular formula is C13H14BrN5O3S. The molecule has 0 radical (unpaired) electrons. The summed E-state index contributed by atoms with van der Waals surface area (Å²) < 4.78 is 11.2. The summed E-state index contributed by atoms with van der Waals surface area (Å²) in [5.41, 5.74) is 14.1. The number of nitrogens with zero attached hydrogens (tertiary/aromatic N) is 2. The number of anilines is 2. The summed E-state index contributed by atoms with van der Waals surface area (Å²) in [4.78, 5) is 14.8. The van der Waals surface area contributed by atoms with Crippen molar-refractivity contribution in [3.05, 3.63) is 27.5 Å². The number of carbonyl (C=O) groups excluding carboxylic acids is 1. The van der Waals surface area contributed by atoms with Gasteiger partial charge in [0.05, 0.1) is 17.8 Å². The second-order valence-electron chi connectivity index (χ2n) is 4.24. The highest BCUT2D eigenvalue weighted by Gasteiger charge is 2.12. The van der Waals surface area contributed by atoms with E-state index in [0.717, 1.165) is 5.56 Å². The minimum absolute atomic E-state index is 0.241. The second-order valence-corrected chi connectivity index (χ2v) is 5.95. The molecule has 10 heteroatoms. The van der Waals surface area contributed by atoms with Crippen LogP contribution in [-0.4, -0.2) is 30.8 Å². The highest BCUT2D eigenvalue weighted by molar-refractivity contribution is 9.10. The third kappa shape index (κ3) is 4.83. The number of carbonyl (C=O) groups is 1. The van der Waals surface area contributed by atoms with Gasteiger partial charge in [-0.25, -0.2) is 4.98 Å². The largest absolute Gasteiger partial charge is 0.493 e. The fourth-order valence-electron chi connectivity index (χ4n) is 1.60. The molecule has 0 spiro atoms. The Morgan fingerprint density at radius 3 is 2.96 bits per heavy atom. The highest BCUT2D eigenvalue weighted by Crippen LogP contribution is 2.36. The molecule has 0 fully saturated rings. The predicted octanol–water partition coefficient (Wildman–Crippen LogP) is 1.81. The predicted molar refractivity (Wildman–Crippen MR) is 93.1 cm³/mol. The fourth-order valence-corrected chi connectivity index (χ4v) is 2.72. The maximum absolute atomic E-state index is 10.8. The van der Waals surface area contributed by atoms with Crippen LogP contribution in [0.2, 0.25) is 0 Å². The van der Waals surface area contributed by atoms with E-state index in [2.05, 4.69) is 31.4 Å². The number of nitrogens with two attached hydrogens (primary N) is 2. The zero-order valence-corrected chi connectivity index (χ0v) is 14.5. The molecule has 1 heterocycles. The molecule has 1 aromatic heterocycles. The summed E-state index contributed by atoms with van der Waals surface area (Å²) in [6.07, 6.45) is 1.59. The van der Waals surface area contributed by atoms with Gasteiger partial charge in [0.15, 0.2) is 18.1 Å². The Morgan fingerprint density at radius 2 is 2.35 bits per heavy atom. The Labute approximate surface area is 144 Å². The van der Waals surface area contributed by atoms with Gasteiger partial charge in [-0.15, -0.1) is 11.3 Å². The molecule has 0 aliphatic heterocycles. The van der Waals surface area contributed by atoms with Crippen molar-refractivity contribution in [2.45, 2.75) is 0 Å². The van der Waals surface area contributed by atoms with E-state index < -0.39 is 5.91 Å². The van der Waals surface area contributed by atoms with Gasteiger partial charge in [-0.2, -0.15) is 5.10 Å². The van der Waals surface area contributed by atoms with Crippen LogP contribution in [0.3, 0.4) is 0 Å². The van der Waals surface area contributed by atoms with Crippen LogP contribution in [0.25, 0.3) is 0 Å². The third-order valence-electron chi connectivity index (χ3n) is 2.51. The maximum atomic E-state index is 10.8. The number of benzene rings is 1. The summed E-state index contributed by atoms with van der Waals surface area (Å²) in [7, 11) is 1.50. The van der Waals surface area contributed by atoms with Gasteiger partial charge >= 0.3 is 0 Å². The van der Waals surface area contributed by atoms with Crippen LogP contribution >= 0.6 is 27.3 Å². The SMILES string of the molecule is COc1cc(C=NNc2nc(N)cs2)cc(Br)c1OCC(N)=O. The van der Waals surface area contributed by atoms with Crippen LogP contribution in [0.4, 0.5) is 10.9 Å². The standard InChI is InChI=1S/C13H14BrN5O3S/c1-21-9-3-7(2-8(14)12(9)22-5-11(16)20)4-17-19-13-18-10(15)6-23-13/h2-4,6H,5,15H2,1H3,(H2,16,20)(H,18,19). The Kier molecular flexibility index (Phi) is 5.77. The van der Waals surface area contributed by atoms with Crippen LogP contribution in [0, 0.1) is 0 Å². The van der Waals surface area contributed by atoms with Crippen LogP contribution in [0.5, 0.6) is 11.5 Å². The lowest BCUT2D eigenvalue weighted by atomic mass is 10.2. The molecule has 0 bridgehead atoms. The summed E-state index contributed by atoms with van der Waals surface area (Å²) in [6.45, 7) is -0.241. The van der Waals surface area contributed by atoms with Crippen molar-refractivity contribution in [3.63, 3.8) is 0 Å². The lowest BCUT2D eigenvalue weighted by Crippen LogP contribution is -2.20. The molecule has 5 N–H and O–H groups in total. The topological polar surface area (TPSA) is 125 Å². The van der Waals surface area contributed by atoms with E-state index in [1.165, 1.54) is 18.4 Å². The molecule has 1 aromatic carbocycles. The number of primary amides is 1. The fraction of sp³-hybridized carbons (Fsp3) is 0.154. The van der Waals surface area contributed by atoms with E-state index in [4.69, 9.17) is 20.9 Å². The number of aromatic nitrogens is 1. The summed E-state index contributed by atoms with van der Waals surface area (Å²) >= 11 is 4.71. The van der Waals surface area contributed by atoms with Crippen LogP contribution in [0.1, 0.15) is 5.56 Å². The number of halogens is 1. The van der Waals surface area contributed by atoms with Gasteiger partial charge in [0.1, 0.15) is 5.82 Å². The van der Waals surface area contributed by atoms with Crippen LogP contribution < -0.4 is 26.4 Å². The molecule has 1 amide bonds. The molecule has 0 atom stereocenters. The van der Waals surface area contributed by atoms with Gasteiger partial charge in [-0.3, -0.25) is 10.2 Å². The van der Waals surface area contributed by atoms with Crippen molar-refractivity contribution >= 4 is 50.3 Å². The van der Waals surface area contributed by atoms with E-state index >= 15 is 0 Å². The summed E-state index contributed by atoms with van der Waals surface area (Å²) in [5.74, 6) is 0.703. The Morgan fingerprint density at radius 1 is 1.57 bits per heavy atom. The van der Waals surface area contributed by atoms with Crippen molar-refractivity contribution in [2.75, 3.05) is 24.9 Å². The first-order chi connectivity index (χ1) is 11.0. The Bertz CT molecular complexity index is 734. The van der Waals surface area contributed by atoms with Gasteiger partial charge in [0.2, 0.25) is 5.13 Å². The van der Waals surface area contributed by atoms with Crippen molar-refractivity contribution in [1.29, 1.82) is 0 Å². The Balaban J connectivity index is 2.13. The first-order valence-electron chi connectivity index (χ1n) is 6.28. The van der Waals surface area contributed by atoms with Gasteiger partial charge in [-0.05, 0) is 33.6 Å². The first-order valence-corrected chi connectivity index (χ1v) is 7.95. The number of hydrogen-bond donors (Lipinski definition) is 3. The summed E-state index contributed by atoms with van der Waals surface area (Å²) in [6, 6.07) is 3.47. The number of nitrogens with one attached hydrogen (secondary N) is 1. The lowest BCUT2D eigenvalue weighted by molar-refractivity contribution is -0.119. The van der Waals surface area contributed by atoms with Gasteiger partial charge in [-0.1, -0.05) is 0 Å². The molecule has 122 valence electrons. The molecule has 0 aliphatic rings. The average molecular weight is 400 g/mol. The summed E-state index contributed by atoms with van der Waals surface area (Å²) in [5, 5.41) is 6.37. The molecule has 0 unspecified atom stereocenters. The van der Waals surface area contributed by atoms with Crippen LogP contribution in [0.15, 0.2) is 27.1 Å². The van der Waals surface area contributed by atoms with E-state index in [1.807, 2.05) is 0 Å². The van der Waals surface area contributed by atoms with Gasteiger partial charge in [0.25, 0.3) is 5.91 Å². The smallest absolute Gasteiger partial charge is 0.255 e. The van der Waals surface area contributed by atoms with Crippen LogP contribution in [-0.2, 0) is 4.79 Å². The van der Waals surface area contributed by atoms with E-state index in [0.29, 0.717) is 26.9 Å². The van der Waals surface area contributed by atoms with Gasteiger partial charge < -0.3 is 20.9 Å². The first kappa shape index (κ1) is 17.0. The number of thiazole rings is 1. The molecule has 0 aliphatic carbocycles.